The lowest BCUT2D eigenvalue weighted by molar-refractivity contribution is 0.589. The minimum atomic E-state index is -3.85. The fourth-order valence-corrected chi connectivity index (χ4v) is 5.67. The maximum Gasteiger partial charge on any atom is 0.233 e. The van der Waals surface area contributed by atoms with Crippen molar-refractivity contribution in [2.75, 3.05) is 11.5 Å². The molecule has 0 aliphatic heterocycles. The third kappa shape index (κ3) is 4.82. The van der Waals surface area contributed by atoms with E-state index in [2.05, 4.69) is 36.8 Å². The summed E-state index contributed by atoms with van der Waals surface area (Å²) in [6.07, 6.45) is 1.31. The van der Waals surface area contributed by atoms with Crippen LogP contribution in [0, 0.1) is 0 Å². The van der Waals surface area contributed by atoms with Crippen molar-refractivity contribution in [1.29, 1.82) is 0 Å². The van der Waals surface area contributed by atoms with Crippen LogP contribution in [0.3, 0.4) is 0 Å². The standard InChI is InChI=1S/C7H6Br2ClNO4S2/c8-5-3-6(9)7(11-4-5)16(12,13)1-2-17(10,14)15/h3-4H,1-2H2. The minimum absolute atomic E-state index is 0.207. The molecule has 0 saturated heterocycles. The molecule has 96 valence electrons. The number of sulfone groups is 1. The summed E-state index contributed by atoms with van der Waals surface area (Å²) in [7, 11) is -2.67. The molecule has 0 unspecified atom stereocenters. The van der Waals surface area contributed by atoms with Crippen LogP contribution < -0.4 is 0 Å². The number of nitrogens with zero attached hydrogens (tertiary/aromatic N) is 1. The Balaban J connectivity index is 3.06. The van der Waals surface area contributed by atoms with Crippen LogP contribution in [0.15, 0.2) is 26.2 Å². The molecule has 1 heterocycles. The van der Waals surface area contributed by atoms with Gasteiger partial charge in [-0.3, -0.25) is 0 Å². The van der Waals surface area contributed by atoms with E-state index in [1.54, 1.807) is 0 Å². The second-order valence-corrected chi connectivity index (χ2v) is 9.69. The van der Waals surface area contributed by atoms with Crippen LogP contribution in [-0.4, -0.2) is 33.3 Å². The molecule has 0 aliphatic carbocycles. The van der Waals surface area contributed by atoms with E-state index in [0.29, 0.717) is 4.47 Å². The van der Waals surface area contributed by atoms with Crippen LogP contribution in [0.1, 0.15) is 0 Å². The van der Waals surface area contributed by atoms with Crippen molar-refractivity contribution in [2.24, 2.45) is 0 Å². The number of hydrogen-bond donors (Lipinski definition) is 0. The average Bonchev–Trinajstić information content (AvgIpc) is 2.13. The largest absolute Gasteiger partial charge is 0.242 e. The molecule has 0 radical (unpaired) electrons. The molecule has 17 heavy (non-hydrogen) atoms. The van der Waals surface area contributed by atoms with Gasteiger partial charge in [-0.15, -0.1) is 0 Å². The first kappa shape index (κ1) is 15.4. The summed E-state index contributed by atoms with van der Waals surface area (Å²) in [5, 5.41) is -0.207. The van der Waals surface area contributed by atoms with Gasteiger partial charge in [0.25, 0.3) is 0 Å². The summed E-state index contributed by atoms with van der Waals surface area (Å²) in [4.78, 5) is 3.73. The third-order valence-electron chi connectivity index (χ3n) is 1.66. The van der Waals surface area contributed by atoms with E-state index >= 15 is 0 Å². The maximum absolute atomic E-state index is 11.8. The first-order valence-electron chi connectivity index (χ1n) is 4.08. The lowest BCUT2D eigenvalue weighted by atomic mass is 10.5. The van der Waals surface area contributed by atoms with Crippen molar-refractivity contribution in [2.45, 2.75) is 5.03 Å². The number of pyridine rings is 1. The Morgan fingerprint density at radius 2 is 1.76 bits per heavy atom. The minimum Gasteiger partial charge on any atom is -0.242 e. The van der Waals surface area contributed by atoms with Crippen LogP contribution >= 0.6 is 42.5 Å². The van der Waals surface area contributed by atoms with Gasteiger partial charge in [0.1, 0.15) is 0 Å². The summed E-state index contributed by atoms with van der Waals surface area (Å²) in [6.45, 7) is 0. The van der Waals surface area contributed by atoms with Gasteiger partial charge < -0.3 is 0 Å². The Kier molecular flexibility index (Phi) is 4.98. The van der Waals surface area contributed by atoms with Crippen molar-refractivity contribution in [1.82, 2.24) is 4.98 Å². The van der Waals surface area contributed by atoms with Crippen LogP contribution in [0.25, 0.3) is 0 Å². The molecule has 0 amide bonds. The van der Waals surface area contributed by atoms with Gasteiger partial charge in [0.15, 0.2) is 14.9 Å². The fourth-order valence-electron chi connectivity index (χ4n) is 0.937. The monoisotopic (exact) mass is 425 g/mol. The Morgan fingerprint density at radius 3 is 2.24 bits per heavy atom. The number of rotatable bonds is 4. The van der Waals surface area contributed by atoms with Crippen LogP contribution in [-0.2, 0) is 18.9 Å². The van der Waals surface area contributed by atoms with Gasteiger partial charge in [-0.25, -0.2) is 21.8 Å². The Labute approximate surface area is 120 Å². The number of aromatic nitrogens is 1. The van der Waals surface area contributed by atoms with Crippen molar-refractivity contribution in [3.8, 4) is 0 Å². The molecule has 0 N–H and O–H groups in total. The molecule has 0 aromatic carbocycles. The first-order chi connectivity index (χ1) is 7.62. The van der Waals surface area contributed by atoms with Crippen LogP contribution in [0.2, 0.25) is 0 Å². The molecule has 0 saturated carbocycles. The molecule has 0 bridgehead atoms. The molecule has 10 heteroatoms. The predicted molar refractivity (Wildman–Crippen MR) is 71.3 cm³/mol. The number of halogens is 3. The molecular formula is C7H6Br2ClNO4S2. The van der Waals surface area contributed by atoms with E-state index in [9.17, 15) is 16.8 Å². The van der Waals surface area contributed by atoms with E-state index in [0.717, 1.165) is 0 Å². The molecular weight excluding hydrogens is 421 g/mol. The van der Waals surface area contributed by atoms with Gasteiger partial charge in [-0.1, -0.05) is 0 Å². The SMILES string of the molecule is O=S(=O)(Cl)CCS(=O)(=O)c1ncc(Br)cc1Br. The summed E-state index contributed by atoms with van der Waals surface area (Å²) in [5.74, 6) is -1.26. The van der Waals surface area contributed by atoms with Gasteiger partial charge in [-0.05, 0) is 37.9 Å². The zero-order valence-corrected chi connectivity index (χ0v) is 13.7. The van der Waals surface area contributed by atoms with E-state index in [-0.39, 0.29) is 9.50 Å². The molecule has 0 fully saturated rings. The molecule has 0 atom stereocenters. The second-order valence-electron chi connectivity index (χ2n) is 3.00. The van der Waals surface area contributed by atoms with Gasteiger partial charge in [-0.2, -0.15) is 0 Å². The highest BCUT2D eigenvalue weighted by molar-refractivity contribution is 9.11. The second kappa shape index (κ2) is 5.52. The van der Waals surface area contributed by atoms with Crippen molar-refractivity contribution in [3.05, 3.63) is 21.2 Å². The van der Waals surface area contributed by atoms with Crippen LogP contribution in [0.4, 0.5) is 0 Å². The Morgan fingerprint density at radius 1 is 1.18 bits per heavy atom. The molecule has 5 nitrogen and oxygen atoms in total. The number of hydrogen-bond acceptors (Lipinski definition) is 5. The van der Waals surface area contributed by atoms with Gasteiger partial charge >= 0.3 is 0 Å². The lowest BCUT2D eigenvalue weighted by Crippen LogP contribution is -2.15. The highest BCUT2D eigenvalue weighted by Gasteiger charge is 2.22. The lowest BCUT2D eigenvalue weighted by Gasteiger charge is -2.04. The normalized spacial score (nSPS) is 12.6. The topological polar surface area (TPSA) is 81.2 Å². The Hall–Kier alpha value is 0.300. The third-order valence-corrected chi connectivity index (χ3v) is 6.03. The quantitative estimate of drug-likeness (QED) is 0.686. The smallest absolute Gasteiger partial charge is 0.233 e. The van der Waals surface area contributed by atoms with Crippen LogP contribution in [0.5, 0.6) is 0 Å². The highest BCUT2D eigenvalue weighted by atomic mass is 79.9. The molecule has 1 rings (SSSR count). The van der Waals surface area contributed by atoms with Gasteiger partial charge in [0.05, 0.1) is 16.0 Å². The highest BCUT2D eigenvalue weighted by Crippen LogP contribution is 2.24. The maximum atomic E-state index is 11.8. The molecule has 1 aromatic heterocycles. The molecule has 1 aromatic rings. The molecule has 0 spiro atoms. The Bertz CT molecular complexity index is 629. The predicted octanol–water partition coefficient (Wildman–Crippen LogP) is 1.95. The summed E-state index contributed by atoms with van der Waals surface area (Å²) in [6, 6.07) is 1.51. The summed E-state index contributed by atoms with van der Waals surface area (Å²) in [5.41, 5.74) is 0. The van der Waals surface area contributed by atoms with E-state index in [1.807, 2.05) is 0 Å². The van der Waals surface area contributed by atoms with Gasteiger partial charge in [0.2, 0.25) is 9.05 Å². The van der Waals surface area contributed by atoms with Crippen molar-refractivity contribution in [3.63, 3.8) is 0 Å². The summed E-state index contributed by atoms with van der Waals surface area (Å²) >= 11 is 6.18. The van der Waals surface area contributed by atoms with Crippen molar-refractivity contribution < 1.29 is 16.8 Å². The molecule has 0 aliphatic rings. The van der Waals surface area contributed by atoms with E-state index < -0.39 is 30.4 Å². The van der Waals surface area contributed by atoms with E-state index in [4.69, 9.17) is 10.7 Å². The first-order valence-corrected chi connectivity index (χ1v) is 9.79. The zero-order valence-electron chi connectivity index (χ0n) is 8.10. The van der Waals surface area contributed by atoms with E-state index in [1.165, 1.54) is 12.3 Å². The average molecular weight is 428 g/mol. The van der Waals surface area contributed by atoms with Gasteiger partial charge in [0, 0.05) is 21.4 Å². The zero-order chi connectivity index (χ0) is 13.3. The van der Waals surface area contributed by atoms with Crippen molar-refractivity contribution >= 4 is 61.4 Å². The fraction of sp³-hybridized carbons (Fsp3) is 0.286. The summed E-state index contributed by atoms with van der Waals surface area (Å²) < 4.78 is 45.8.